The van der Waals surface area contributed by atoms with Crippen LogP contribution < -0.4 is 10.4 Å². The predicted molar refractivity (Wildman–Crippen MR) is 64.8 cm³/mol. The molecule has 0 atom stereocenters. The number of rotatable bonds is 1. The average Bonchev–Trinajstić information content (AvgIpc) is 2.21. The standard InChI is InChI=1S/C10H10N2.2ClH/c1-2-6-10(7-3-1)12-9-5-4-8-11-12;;/h1-9,11H;2*1H. The van der Waals surface area contributed by atoms with Gasteiger partial charge in [-0.2, -0.15) is 0 Å². The van der Waals surface area contributed by atoms with Gasteiger partial charge in [-0.05, 0) is 24.3 Å². The molecule has 1 aromatic carbocycles. The van der Waals surface area contributed by atoms with E-state index in [4.69, 9.17) is 0 Å². The van der Waals surface area contributed by atoms with E-state index in [2.05, 4.69) is 17.6 Å². The number of anilines is 1. The molecule has 0 fully saturated rings. The van der Waals surface area contributed by atoms with Crippen LogP contribution >= 0.6 is 24.8 Å². The van der Waals surface area contributed by atoms with Crippen molar-refractivity contribution in [3.63, 3.8) is 0 Å². The van der Waals surface area contributed by atoms with Crippen molar-refractivity contribution in [1.82, 2.24) is 5.43 Å². The maximum atomic E-state index is 3.10. The van der Waals surface area contributed by atoms with E-state index in [9.17, 15) is 0 Å². The van der Waals surface area contributed by atoms with Crippen molar-refractivity contribution in [3.05, 3.63) is 54.9 Å². The highest BCUT2D eigenvalue weighted by Crippen LogP contribution is 2.12. The molecule has 76 valence electrons. The van der Waals surface area contributed by atoms with Gasteiger partial charge < -0.3 is 5.43 Å². The Balaban J connectivity index is 0.000000845. The third-order valence-electron chi connectivity index (χ3n) is 1.69. The highest BCUT2D eigenvalue weighted by molar-refractivity contribution is 5.85. The second-order valence-corrected chi connectivity index (χ2v) is 2.54. The Kier molecular flexibility index (Phi) is 5.84. The number of hydrogen-bond acceptors (Lipinski definition) is 2. The topological polar surface area (TPSA) is 15.3 Å². The molecule has 0 saturated heterocycles. The maximum absolute atomic E-state index is 3.10. The summed E-state index contributed by atoms with van der Waals surface area (Å²) in [7, 11) is 0. The molecule has 0 radical (unpaired) electrons. The molecule has 0 aromatic heterocycles. The molecule has 0 aliphatic carbocycles. The SMILES string of the molecule is C1=CNN(c2ccccc2)C=C1.Cl.Cl. The van der Waals surface area contributed by atoms with Crippen LogP contribution in [0.15, 0.2) is 54.9 Å². The highest BCUT2D eigenvalue weighted by atomic mass is 35.5. The molecule has 1 heterocycles. The summed E-state index contributed by atoms with van der Waals surface area (Å²) in [5, 5.41) is 1.96. The zero-order valence-corrected chi connectivity index (χ0v) is 9.09. The molecule has 14 heavy (non-hydrogen) atoms. The summed E-state index contributed by atoms with van der Waals surface area (Å²) in [5.74, 6) is 0. The number of halogens is 2. The lowest BCUT2D eigenvalue weighted by molar-refractivity contribution is 0.868. The number of benzene rings is 1. The normalized spacial score (nSPS) is 12.4. The molecule has 1 aliphatic rings. The van der Waals surface area contributed by atoms with Gasteiger partial charge in [-0.15, -0.1) is 24.8 Å². The highest BCUT2D eigenvalue weighted by Gasteiger charge is 1.99. The molecule has 1 aromatic rings. The fourth-order valence-corrected chi connectivity index (χ4v) is 1.11. The number of allylic oxidation sites excluding steroid dienone is 2. The van der Waals surface area contributed by atoms with Crippen LogP contribution in [0.1, 0.15) is 0 Å². The minimum absolute atomic E-state index is 0. The van der Waals surface area contributed by atoms with Gasteiger partial charge in [0.05, 0.1) is 5.69 Å². The monoisotopic (exact) mass is 230 g/mol. The Labute approximate surface area is 96.1 Å². The van der Waals surface area contributed by atoms with Crippen molar-refractivity contribution >= 4 is 30.5 Å². The van der Waals surface area contributed by atoms with Crippen molar-refractivity contribution in [2.75, 3.05) is 5.01 Å². The van der Waals surface area contributed by atoms with E-state index in [1.807, 2.05) is 47.8 Å². The van der Waals surface area contributed by atoms with Crippen LogP contribution in [0.5, 0.6) is 0 Å². The van der Waals surface area contributed by atoms with Crippen LogP contribution in [0.2, 0.25) is 0 Å². The Hall–Kier alpha value is -1.12. The Bertz CT molecular complexity index is 309. The van der Waals surface area contributed by atoms with E-state index in [1.54, 1.807) is 0 Å². The molecular formula is C10H12Cl2N2. The summed E-state index contributed by atoms with van der Waals surface area (Å²) in [5.41, 5.74) is 4.24. The first-order valence-electron chi connectivity index (χ1n) is 3.90. The smallest absolute Gasteiger partial charge is 0.0623 e. The van der Waals surface area contributed by atoms with Crippen molar-refractivity contribution < 1.29 is 0 Å². The second-order valence-electron chi connectivity index (χ2n) is 2.54. The quantitative estimate of drug-likeness (QED) is 0.799. The van der Waals surface area contributed by atoms with Crippen LogP contribution in [0, 0.1) is 0 Å². The summed E-state index contributed by atoms with van der Waals surface area (Å²) in [6, 6.07) is 10.1. The van der Waals surface area contributed by atoms with E-state index >= 15 is 0 Å². The molecule has 0 unspecified atom stereocenters. The third-order valence-corrected chi connectivity index (χ3v) is 1.69. The van der Waals surface area contributed by atoms with Gasteiger partial charge in [0, 0.05) is 12.4 Å². The van der Waals surface area contributed by atoms with E-state index in [0.717, 1.165) is 5.69 Å². The van der Waals surface area contributed by atoms with Crippen LogP contribution in [-0.4, -0.2) is 0 Å². The van der Waals surface area contributed by atoms with Crippen LogP contribution in [0.3, 0.4) is 0 Å². The number of para-hydroxylation sites is 1. The van der Waals surface area contributed by atoms with Gasteiger partial charge in [0.1, 0.15) is 0 Å². The zero-order chi connectivity index (χ0) is 8.23. The first-order chi connectivity index (χ1) is 5.97. The average molecular weight is 231 g/mol. The van der Waals surface area contributed by atoms with Crippen LogP contribution in [0.4, 0.5) is 5.69 Å². The number of nitrogens with zero attached hydrogens (tertiary/aromatic N) is 1. The van der Waals surface area contributed by atoms with Gasteiger partial charge in [0.15, 0.2) is 0 Å². The summed E-state index contributed by atoms with van der Waals surface area (Å²) in [6.07, 6.45) is 7.82. The lowest BCUT2D eigenvalue weighted by Gasteiger charge is -2.21. The fraction of sp³-hybridized carbons (Fsp3) is 0. The third kappa shape index (κ3) is 2.98. The van der Waals surface area contributed by atoms with E-state index in [0.29, 0.717) is 0 Å². The maximum Gasteiger partial charge on any atom is 0.0623 e. The van der Waals surface area contributed by atoms with Gasteiger partial charge in [0.2, 0.25) is 0 Å². The van der Waals surface area contributed by atoms with E-state index in [-0.39, 0.29) is 24.8 Å². The van der Waals surface area contributed by atoms with Crippen molar-refractivity contribution in [1.29, 1.82) is 0 Å². The van der Waals surface area contributed by atoms with E-state index < -0.39 is 0 Å². The first-order valence-corrected chi connectivity index (χ1v) is 3.90. The number of nitrogens with one attached hydrogen (secondary N) is 1. The second kappa shape index (κ2) is 6.35. The predicted octanol–water partition coefficient (Wildman–Crippen LogP) is 2.88. The van der Waals surface area contributed by atoms with Crippen molar-refractivity contribution in [2.24, 2.45) is 0 Å². The van der Waals surface area contributed by atoms with Crippen LogP contribution in [0.25, 0.3) is 0 Å². The molecule has 2 rings (SSSR count). The number of hydrazine groups is 1. The van der Waals surface area contributed by atoms with Gasteiger partial charge in [-0.3, -0.25) is 5.01 Å². The molecule has 2 nitrogen and oxygen atoms in total. The van der Waals surface area contributed by atoms with Gasteiger partial charge in [-0.25, -0.2) is 0 Å². The largest absolute Gasteiger partial charge is 0.302 e. The van der Waals surface area contributed by atoms with Crippen LogP contribution in [-0.2, 0) is 0 Å². The summed E-state index contributed by atoms with van der Waals surface area (Å²) < 4.78 is 0. The molecule has 0 saturated carbocycles. The van der Waals surface area contributed by atoms with Crippen molar-refractivity contribution in [3.8, 4) is 0 Å². The Morgan fingerprint density at radius 3 is 2.21 bits per heavy atom. The minimum Gasteiger partial charge on any atom is -0.302 e. The van der Waals surface area contributed by atoms with E-state index in [1.165, 1.54) is 0 Å². The lowest BCUT2D eigenvalue weighted by atomic mass is 10.3. The first kappa shape index (κ1) is 12.9. The van der Waals surface area contributed by atoms with Gasteiger partial charge in [0.25, 0.3) is 0 Å². The molecule has 0 spiro atoms. The molecule has 0 amide bonds. The lowest BCUT2D eigenvalue weighted by Crippen LogP contribution is -2.29. The molecule has 1 aliphatic heterocycles. The Morgan fingerprint density at radius 2 is 1.64 bits per heavy atom. The Morgan fingerprint density at radius 1 is 0.929 bits per heavy atom. The molecule has 4 heteroatoms. The molecule has 0 bridgehead atoms. The molecule has 1 N–H and O–H groups in total. The number of hydrogen-bond donors (Lipinski definition) is 1. The van der Waals surface area contributed by atoms with Gasteiger partial charge >= 0.3 is 0 Å². The summed E-state index contributed by atoms with van der Waals surface area (Å²) in [6.45, 7) is 0. The minimum atomic E-state index is 0. The fourth-order valence-electron chi connectivity index (χ4n) is 1.11. The van der Waals surface area contributed by atoms with Crippen molar-refractivity contribution in [2.45, 2.75) is 0 Å². The van der Waals surface area contributed by atoms with Gasteiger partial charge in [-0.1, -0.05) is 18.2 Å². The molecular weight excluding hydrogens is 219 g/mol. The summed E-state index contributed by atoms with van der Waals surface area (Å²) in [4.78, 5) is 0. The zero-order valence-electron chi connectivity index (χ0n) is 7.46. The summed E-state index contributed by atoms with van der Waals surface area (Å²) >= 11 is 0.